The highest BCUT2D eigenvalue weighted by Crippen LogP contribution is 2.31. The average molecular weight is 403 g/mol. The predicted octanol–water partition coefficient (Wildman–Crippen LogP) is 8.89. The zero-order valence-corrected chi connectivity index (χ0v) is 19.5. The Morgan fingerprint density at radius 1 is 0.862 bits per heavy atom. The molecule has 0 heterocycles. The molecular formula is C26H36F2O. The van der Waals surface area contributed by atoms with Gasteiger partial charge in [-0.1, -0.05) is 43.2 Å². The Morgan fingerprint density at radius 2 is 1.41 bits per heavy atom. The van der Waals surface area contributed by atoms with E-state index < -0.39 is 6.11 Å². The molecule has 0 atom stereocenters. The molecule has 0 saturated heterocycles. The molecule has 0 radical (unpaired) electrons. The minimum absolute atomic E-state index is 0.170. The molecule has 0 fully saturated rings. The molecule has 3 heteroatoms. The Balaban J connectivity index is 3.45. The number of hydrogen-bond acceptors (Lipinski definition) is 1. The van der Waals surface area contributed by atoms with Crippen molar-refractivity contribution in [3.8, 4) is 5.75 Å². The van der Waals surface area contributed by atoms with Crippen LogP contribution in [0.1, 0.15) is 80.7 Å². The monoisotopic (exact) mass is 402 g/mol. The molecule has 0 amide bonds. The molecule has 0 saturated carbocycles. The van der Waals surface area contributed by atoms with Gasteiger partial charge in [-0.25, -0.2) is 0 Å². The number of hydrogen-bond donors (Lipinski definition) is 0. The van der Waals surface area contributed by atoms with Crippen LogP contribution < -0.4 is 4.74 Å². The summed E-state index contributed by atoms with van der Waals surface area (Å²) in [4.78, 5) is 0. The fourth-order valence-corrected chi connectivity index (χ4v) is 3.11. The van der Waals surface area contributed by atoms with Crippen LogP contribution in [0.4, 0.5) is 8.78 Å². The van der Waals surface area contributed by atoms with Crippen LogP contribution in [0.2, 0.25) is 0 Å². The average Bonchev–Trinajstić information content (AvgIpc) is 2.66. The molecule has 160 valence electrons. The first kappa shape index (κ1) is 24.9. The van der Waals surface area contributed by atoms with Gasteiger partial charge in [0.05, 0.1) is 0 Å². The van der Waals surface area contributed by atoms with Crippen LogP contribution in [-0.4, -0.2) is 6.11 Å². The van der Waals surface area contributed by atoms with Gasteiger partial charge in [-0.05, 0) is 99.9 Å². The van der Waals surface area contributed by atoms with E-state index in [4.69, 9.17) is 0 Å². The first-order chi connectivity index (χ1) is 13.4. The molecule has 1 aromatic carbocycles. The number of alkyl halides is 2. The summed E-state index contributed by atoms with van der Waals surface area (Å²) in [5.41, 5.74) is 9.99. The molecule has 1 aromatic rings. The van der Waals surface area contributed by atoms with E-state index in [-0.39, 0.29) is 5.75 Å². The standard InChI is InChI=1S/C26H36F2O/c1-10-18(5)25(21(8)20(7)19(6)17(3)4)16-22(11-2)23-12-14-24(15-13-23)29-26(9,27)28/h12-16H,10-11H2,1-9H3/b21-20-,22-16+,25-18?. The predicted molar refractivity (Wildman–Crippen MR) is 121 cm³/mol. The SMILES string of the molecule is CCC(C)=C(/C=C(\CC)c1ccc(OC(C)(F)F)cc1)/C(C)=C(/C)C(C)=C(C)C. The van der Waals surface area contributed by atoms with E-state index in [1.807, 2.05) is 12.1 Å². The van der Waals surface area contributed by atoms with Crippen LogP contribution in [0.3, 0.4) is 0 Å². The van der Waals surface area contributed by atoms with Crippen LogP contribution >= 0.6 is 0 Å². The number of rotatable bonds is 8. The molecule has 0 aromatic heterocycles. The zero-order chi connectivity index (χ0) is 22.4. The maximum atomic E-state index is 13.1. The Kier molecular flexibility index (Phi) is 9.07. The van der Waals surface area contributed by atoms with E-state index in [0.717, 1.165) is 25.3 Å². The number of benzene rings is 1. The summed E-state index contributed by atoms with van der Waals surface area (Å²) in [5, 5.41) is 0. The lowest BCUT2D eigenvalue weighted by Gasteiger charge is -2.17. The van der Waals surface area contributed by atoms with Crippen molar-refractivity contribution in [2.45, 2.75) is 81.3 Å². The third kappa shape index (κ3) is 7.30. The minimum atomic E-state index is -3.18. The molecule has 0 bridgehead atoms. The van der Waals surface area contributed by atoms with E-state index >= 15 is 0 Å². The maximum Gasteiger partial charge on any atom is 0.394 e. The van der Waals surface area contributed by atoms with Crippen LogP contribution in [0.15, 0.2) is 63.8 Å². The van der Waals surface area contributed by atoms with Gasteiger partial charge in [0, 0.05) is 6.92 Å². The first-order valence-corrected chi connectivity index (χ1v) is 10.3. The van der Waals surface area contributed by atoms with Gasteiger partial charge in [0.25, 0.3) is 0 Å². The molecule has 29 heavy (non-hydrogen) atoms. The Hall–Kier alpha value is -2.16. The maximum absolute atomic E-state index is 13.1. The van der Waals surface area contributed by atoms with Gasteiger partial charge < -0.3 is 4.74 Å². The van der Waals surface area contributed by atoms with Crippen molar-refractivity contribution < 1.29 is 13.5 Å². The number of allylic oxidation sites excluding steroid dienone is 8. The third-order valence-corrected chi connectivity index (χ3v) is 5.49. The van der Waals surface area contributed by atoms with Gasteiger partial charge in [0.1, 0.15) is 5.75 Å². The van der Waals surface area contributed by atoms with Gasteiger partial charge in [-0.2, -0.15) is 8.78 Å². The molecule has 0 aliphatic heterocycles. The highest BCUT2D eigenvalue weighted by molar-refractivity contribution is 5.71. The normalized spacial score (nSPS) is 14.2. The van der Waals surface area contributed by atoms with E-state index in [1.54, 1.807) is 12.1 Å². The van der Waals surface area contributed by atoms with Gasteiger partial charge in [-0.3, -0.25) is 0 Å². The third-order valence-electron chi connectivity index (χ3n) is 5.49. The van der Waals surface area contributed by atoms with E-state index in [0.29, 0.717) is 0 Å². The second-order valence-corrected chi connectivity index (χ2v) is 7.88. The summed E-state index contributed by atoms with van der Waals surface area (Å²) in [7, 11) is 0. The molecule has 1 rings (SSSR count). The summed E-state index contributed by atoms with van der Waals surface area (Å²) < 4.78 is 30.8. The van der Waals surface area contributed by atoms with Crippen LogP contribution in [0, 0.1) is 0 Å². The lowest BCUT2D eigenvalue weighted by molar-refractivity contribution is -0.158. The lowest BCUT2D eigenvalue weighted by Crippen LogP contribution is -2.18. The fourth-order valence-electron chi connectivity index (χ4n) is 3.11. The minimum Gasteiger partial charge on any atom is -0.433 e. The van der Waals surface area contributed by atoms with Crippen LogP contribution in [0.25, 0.3) is 5.57 Å². The molecule has 0 aliphatic rings. The van der Waals surface area contributed by atoms with Crippen molar-refractivity contribution in [1.29, 1.82) is 0 Å². The van der Waals surface area contributed by atoms with E-state index in [9.17, 15) is 8.78 Å². The van der Waals surface area contributed by atoms with Crippen LogP contribution in [-0.2, 0) is 0 Å². The van der Waals surface area contributed by atoms with Crippen molar-refractivity contribution in [2.24, 2.45) is 0 Å². The Morgan fingerprint density at radius 3 is 1.83 bits per heavy atom. The lowest BCUT2D eigenvalue weighted by atomic mass is 9.89. The van der Waals surface area contributed by atoms with Gasteiger partial charge in [0.2, 0.25) is 0 Å². The molecule has 0 N–H and O–H groups in total. The summed E-state index contributed by atoms with van der Waals surface area (Å²) in [6, 6.07) is 6.91. The molecule has 0 unspecified atom stereocenters. The fraction of sp³-hybridized carbons (Fsp3) is 0.462. The van der Waals surface area contributed by atoms with Gasteiger partial charge >= 0.3 is 6.11 Å². The second kappa shape index (κ2) is 10.6. The first-order valence-electron chi connectivity index (χ1n) is 10.3. The topological polar surface area (TPSA) is 9.23 Å². The summed E-state index contributed by atoms with van der Waals surface area (Å²) in [6.07, 6.45) is 0.889. The zero-order valence-electron chi connectivity index (χ0n) is 19.5. The van der Waals surface area contributed by atoms with Crippen molar-refractivity contribution in [1.82, 2.24) is 0 Å². The van der Waals surface area contributed by atoms with E-state index in [2.05, 4.69) is 66.2 Å². The molecule has 0 aliphatic carbocycles. The van der Waals surface area contributed by atoms with Crippen molar-refractivity contribution >= 4 is 5.57 Å². The highest BCUT2D eigenvalue weighted by Gasteiger charge is 2.23. The number of ether oxygens (including phenoxy) is 1. The van der Waals surface area contributed by atoms with Gasteiger partial charge in [-0.15, -0.1) is 0 Å². The van der Waals surface area contributed by atoms with Crippen molar-refractivity contribution in [3.63, 3.8) is 0 Å². The van der Waals surface area contributed by atoms with Crippen LogP contribution in [0.5, 0.6) is 5.75 Å². The quantitative estimate of drug-likeness (QED) is 0.394. The number of halogens is 2. The summed E-state index contributed by atoms with van der Waals surface area (Å²) >= 11 is 0. The van der Waals surface area contributed by atoms with Gasteiger partial charge in [0.15, 0.2) is 0 Å². The highest BCUT2D eigenvalue weighted by atomic mass is 19.3. The largest absolute Gasteiger partial charge is 0.433 e. The van der Waals surface area contributed by atoms with Crippen molar-refractivity contribution in [3.05, 3.63) is 69.3 Å². The Bertz CT molecular complexity index is 824. The second-order valence-electron chi connectivity index (χ2n) is 7.88. The molecule has 1 nitrogen and oxygen atoms in total. The molecule has 0 spiro atoms. The molecular weight excluding hydrogens is 366 g/mol. The summed E-state index contributed by atoms with van der Waals surface area (Å²) in [6.45, 7) is 18.0. The summed E-state index contributed by atoms with van der Waals surface area (Å²) in [5.74, 6) is 0.170. The van der Waals surface area contributed by atoms with Crippen molar-refractivity contribution in [2.75, 3.05) is 0 Å². The van der Waals surface area contributed by atoms with E-state index in [1.165, 1.54) is 39.0 Å². The Labute approximate surface area is 175 Å². The smallest absolute Gasteiger partial charge is 0.394 e.